The van der Waals surface area contributed by atoms with Crippen molar-refractivity contribution in [2.45, 2.75) is 18.3 Å². The van der Waals surface area contributed by atoms with Crippen LogP contribution in [0.25, 0.3) is 0 Å². The van der Waals surface area contributed by atoms with Crippen LogP contribution in [0.1, 0.15) is 18.4 Å². The van der Waals surface area contributed by atoms with Crippen LogP contribution < -0.4 is 5.73 Å². The summed E-state index contributed by atoms with van der Waals surface area (Å²) in [6.45, 7) is 0.402. The second-order valence-corrected chi connectivity index (χ2v) is 3.84. The van der Waals surface area contributed by atoms with E-state index in [1.54, 1.807) is 0 Å². The zero-order valence-corrected chi connectivity index (χ0v) is 7.70. The highest BCUT2D eigenvalue weighted by atomic mass is 16.3. The minimum Gasteiger partial charge on any atom is -0.508 e. The molecule has 0 saturated heterocycles. The second kappa shape index (κ2) is 2.78. The molecule has 0 unspecified atom stereocenters. The lowest BCUT2D eigenvalue weighted by Gasteiger charge is -2.16. The van der Waals surface area contributed by atoms with E-state index in [1.807, 2.05) is 0 Å². The second-order valence-electron chi connectivity index (χ2n) is 3.84. The van der Waals surface area contributed by atoms with Crippen molar-refractivity contribution in [3.63, 3.8) is 0 Å². The number of rotatable bonds is 2. The first kappa shape index (κ1) is 9.15. The highest BCUT2D eigenvalue weighted by Gasteiger charge is 2.46. The topological polar surface area (TPSA) is 86.7 Å². The number of hydrogen-bond donors (Lipinski definition) is 4. The molecule has 0 amide bonds. The van der Waals surface area contributed by atoms with E-state index in [-0.39, 0.29) is 22.7 Å². The first-order valence-electron chi connectivity index (χ1n) is 4.54. The number of benzene rings is 1. The van der Waals surface area contributed by atoms with E-state index in [1.165, 1.54) is 12.1 Å². The van der Waals surface area contributed by atoms with Crippen LogP contribution >= 0.6 is 0 Å². The maximum Gasteiger partial charge on any atom is 0.126 e. The predicted molar refractivity (Wildman–Crippen MR) is 51.4 cm³/mol. The zero-order chi connectivity index (χ0) is 10.3. The molecule has 76 valence electrons. The van der Waals surface area contributed by atoms with Gasteiger partial charge in [-0.15, -0.1) is 0 Å². The van der Waals surface area contributed by atoms with Gasteiger partial charge in [-0.05, 0) is 12.8 Å². The summed E-state index contributed by atoms with van der Waals surface area (Å²) in [5.74, 6) is -0.299. The number of phenols is 3. The van der Waals surface area contributed by atoms with Crippen molar-refractivity contribution in [2.24, 2.45) is 5.73 Å². The van der Waals surface area contributed by atoms with Gasteiger partial charge in [0.2, 0.25) is 0 Å². The summed E-state index contributed by atoms with van der Waals surface area (Å²) in [4.78, 5) is 0. The summed E-state index contributed by atoms with van der Waals surface area (Å²) in [6.07, 6.45) is 1.74. The molecular weight excluding hydrogens is 182 g/mol. The highest BCUT2D eigenvalue weighted by Crippen LogP contribution is 2.54. The summed E-state index contributed by atoms with van der Waals surface area (Å²) in [5, 5.41) is 28.3. The van der Waals surface area contributed by atoms with E-state index >= 15 is 0 Å². The molecule has 5 N–H and O–H groups in total. The number of nitrogens with two attached hydrogens (primary N) is 1. The zero-order valence-electron chi connectivity index (χ0n) is 7.70. The minimum atomic E-state index is -0.276. The van der Waals surface area contributed by atoms with Crippen molar-refractivity contribution in [1.82, 2.24) is 0 Å². The third-order valence-corrected chi connectivity index (χ3v) is 2.86. The van der Waals surface area contributed by atoms with Crippen LogP contribution in [-0.2, 0) is 5.41 Å². The summed E-state index contributed by atoms with van der Waals surface area (Å²) in [6, 6.07) is 2.45. The molecule has 14 heavy (non-hydrogen) atoms. The number of hydrogen-bond acceptors (Lipinski definition) is 4. The first-order chi connectivity index (χ1) is 6.59. The van der Waals surface area contributed by atoms with E-state index in [0.29, 0.717) is 12.1 Å². The fraction of sp³-hybridized carbons (Fsp3) is 0.400. The Labute approximate surface area is 81.6 Å². The Balaban J connectivity index is 2.53. The van der Waals surface area contributed by atoms with E-state index in [2.05, 4.69) is 0 Å². The summed E-state index contributed by atoms with van der Waals surface area (Å²) in [5.41, 5.74) is 5.79. The Bertz CT molecular complexity index is 349. The van der Waals surface area contributed by atoms with Crippen LogP contribution in [0.5, 0.6) is 17.2 Å². The molecule has 1 aromatic carbocycles. The van der Waals surface area contributed by atoms with E-state index in [9.17, 15) is 10.2 Å². The van der Waals surface area contributed by atoms with Gasteiger partial charge in [0, 0.05) is 29.7 Å². The smallest absolute Gasteiger partial charge is 0.126 e. The largest absolute Gasteiger partial charge is 0.508 e. The fourth-order valence-electron chi connectivity index (χ4n) is 1.85. The van der Waals surface area contributed by atoms with Gasteiger partial charge in [0.25, 0.3) is 0 Å². The molecule has 1 saturated carbocycles. The normalized spacial score (nSPS) is 18.1. The summed E-state index contributed by atoms with van der Waals surface area (Å²) < 4.78 is 0. The average molecular weight is 195 g/mol. The van der Waals surface area contributed by atoms with Gasteiger partial charge in [-0.25, -0.2) is 0 Å². The molecule has 0 heterocycles. The van der Waals surface area contributed by atoms with Crippen LogP contribution in [0.3, 0.4) is 0 Å². The predicted octanol–water partition coefficient (Wildman–Crippen LogP) is 0.794. The van der Waals surface area contributed by atoms with Gasteiger partial charge in [0.1, 0.15) is 17.2 Å². The van der Waals surface area contributed by atoms with Gasteiger partial charge in [-0.1, -0.05) is 0 Å². The third-order valence-electron chi connectivity index (χ3n) is 2.86. The molecule has 1 aliphatic carbocycles. The van der Waals surface area contributed by atoms with E-state index in [4.69, 9.17) is 10.8 Å². The Morgan fingerprint density at radius 1 is 1.14 bits per heavy atom. The SMILES string of the molecule is NCC1(c2c(O)cc(O)cc2O)CC1. The van der Waals surface area contributed by atoms with E-state index in [0.717, 1.165) is 12.8 Å². The monoisotopic (exact) mass is 195 g/mol. The Morgan fingerprint density at radius 3 is 2.00 bits per heavy atom. The Hall–Kier alpha value is -1.42. The van der Waals surface area contributed by atoms with Gasteiger partial charge in [-0.2, -0.15) is 0 Å². The summed E-state index contributed by atoms with van der Waals surface area (Å²) in [7, 11) is 0. The van der Waals surface area contributed by atoms with Crippen molar-refractivity contribution in [3.05, 3.63) is 17.7 Å². The third kappa shape index (κ3) is 1.19. The molecule has 0 atom stereocenters. The van der Waals surface area contributed by atoms with Gasteiger partial charge in [-0.3, -0.25) is 0 Å². The standard InChI is InChI=1S/C10H13NO3/c11-5-10(1-2-10)9-7(13)3-6(12)4-8(9)14/h3-4,12-14H,1-2,5,11H2. The van der Waals surface area contributed by atoms with Gasteiger partial charge in [0.15, 0.2) is 0 Å². The van der Waals surface area contributed by atoms with Crippen LogP contribution in [0, 0.1) is 0 Å². The van der Waals surface area contributed by atoms with Crippen molar-refractivity contribution < 1.29 is 15.3 Å². The molecule has 4 heteroatoms. The van der Waals surface area contributed by atoms with Crippen molar-refractivity contribution in [3.8, 4) is 17.2 Å². The van der Waals surface area contributed by atoms with Crippen molar-refractivity contribution in [2.75, 3.05) is 6.54 Å². The molecule has 0 bridgehead atoms. The van der Waals surface area contributed by atoms with Gasteiger partial charge < -0.3 is 21.1 Å². The molecule has 1 aliphatic rings. The fourth-order valence-corrected chi connectivity index (χ4v) is 1.85. The van der Waals surface area contributed by atoms with Gasteiger partial charge in [0.05, 0.1) is 0 Å². The molecule has 2 rings (SSSR count). The first-order valence-corrected chi connectivity index (χ1v) is 4.54. The highest BCUT2D eigenvalue weighted by molar-refractivity contribution is 5.55. The Kier molecular flexibility index (Phi) is 1.82. The van der Waals surface area contributed by atoms with Gasteiger partial charge >= 0.3 is 0 Å². The van der Waals surface area contributed by atoms with E-state index < -0.39 is 0 Å². The molecular formula is C10H13NO3. The maximum absolute atomic E-state index is 9.60. The maximum atomic E-state index is 9.60. The average Bonchev–Trinajstić information content (AvgIpc) is 2.83. The quantitative estimate of drug-likeness (QED) is 0.562. The van der Waals surface area contributed by atoms with Crippen LogP contribution in [0.4, 0.5) is 0 Å². The van der Waals surface area contributed by atoms with Crippen LogP contribution in [0.2, 0.25) is 0 Å². The lowest BCUT2D eigenvalue weighted by Crippen LogP contribution is -2.19. The molecule has 4 nitrogen and oxygen atoms in total. The van der Waals surface area contributed by atoms with Crippen LogP contribution in [0.15, 0.2) is 12.1 Å². The number of aromatic hydroxyl groups is 3. The molecule has 0 aromatic heterocycles. The molecule has 1 fully saturated rings. The lowest BCUT2D eigenvalue weighted by molar-refractivity contribution is 0.409. The molecule has 0 aliphatic heterocycles. The summed E-state index contributed by atoms with van der Waals surface area (Å²) >= 11 is 0. The Morgan fingerprint density at radius 2 is 1.64 bits per heavy atom. The molecule has 0 spiro atoms. The number of phenolic OH excluding ortho intramolecular Hbond substituents is 3. The molecule has 1 aromatic rings. The molecule has 0 radical (unpaired) electrons. The van der Waals surface area contributed by atoms with Crippen LogP contribution in [-0.4, -0.2) is 21.9 Å². The van der Waals surface area contributed by atoms with Crippen molar-refractivity contribution >= 4 is 0 Å². The van der Waals surface area contributed by atoms with Crippen molar-refractivity contribution in [1.29, 1.82) is 0 Å². The minimum absolute atomic E-state index is 0.0783. The lowest BCUT2D eigenvalue weighted by atomic mass is 9.94.